The minimum atomic E-state index is 0.105. The maximum atomic E-state index is 12.9. The van der Waals surface area contributed by atoms with Crippen molar-refractivity contribution in [2.45, 2.75) is 13.8 Å². The summed E-state index contributed by atoms with van der Waals surface area (Å²) in [6, 6.07) is 18.0. The summed E-state index contributed by atoms with van der Waals surface area (Å²) in [6.45, 7) is 7.22. The van der Waals surface area contributed by atoms with Gasteiger partial charge in [-0.2, -0.15) is 5.10 Å². The van der Waals surface area contributed by atoms with Crippen LogP contribution in [0.25, 0.3) is 5.69 Å². The molecule has 1 saturated heterocycles. The van der Waals surface area contributed by atoms with Gasteiger partial charge < -0.3 is 14.7 Å². The van der Waals surface area contributed by atoms with Crippen molar-refractivity contribution < 1.29 is 4.79 Å². The number of benzene rings is 2. The average Bonchev–Trinajstić information content (AvgIpc) is 3.08. The van der Waals surface area contributed by atoms with Gasteiger partial charge in [-0.25, -0.2) is 4.68 Å². The largest absolute Gasteiger partial charge is 0.378 e. The summed E-state index contributed by atoms with van der Waals surface area (Å²) in [5.74, 6) is 0.105. The molecule has 1 amide bonds. The Morgan fingerprint density at radius 3 is 2.13 bits per heavy atom. The number of rotatable bonds is 4. The summed E-state index contributed by atoms with van der Waals surface area (Å²) >= 11 is 0. The Bertz CT molecular complexity index is 1020. The highest BCUT2D eigenvalue weighted by Gasteiger charge is 2.26. The maximum absolute atomic E-state index is 12.9. The molecule has 2 aromatic carbocycles. The molecule has 1 aliphatic rings. The van der Waals surface area contributed by atoms with E-state index in [-0.39, 0.29) is 5.91 Å². The number of aromatic nitrogens is 2. The van der Waals surface area contributed by atoms with Gasteiger partial charge >= 0.3 is 0 Å². The SMILES string of the molecule is Cc1nn(-c2ccccc2)c(C)c1N1CCN(C(=O)c2ccc(N(C)C)cc2)CC1. The van der Waals surface area contributed by atoms with Gasteiger partial charge in [-0.15, -0.1) is 0 Å². The Kier molecular flexibility index (Phi) is 5.48. The summed E-state index contributed by atoms with van der Waals surface area (Å²) in [7, 11) is 4.00. The fourth-order valence-electron chi connectivity index (χ4n) is 4.13. The predicted molar refractivity (Wildman–Crippen MR) is 122 cm³/mol. The lowest BCUT2D eigenvalue weighted by Gasteiger charge is -2.36. The second-order valence-corrected chi connectivity index (χ2v) is 7.99. The second kappa shape index (κ2) is 8.22. The maximum Gasteiger partial charge on any atom is 0.253 e. The summed E-state index contributed by atoms with van der Waals surface area (Å²) in [5, 5.41) is 4.77. The smallest absolute Gasteiger partial charge is 0.253 e. The van der Waals surface area contributed by atoms with Crippen molar-refractivity contribution in [3.63, 3.8) is 0 Å². The zero-order valence-corrected chi connectivity index (χ0v) is 18.2. The summed E-state index contributed by atoms with van der Waals surface area (Å²) < 4.78 is 2.01. The number of carbonyl (C=O) groups is 1. The second-order valence-electron chi connectivity index (χ2n) is 7.99. The number of nitrogens with zero attached hydrogens (tertiary/aromatic N) is 5. The number of hydrogen-bond acceptors (Lipinski definition) is 4. The molecular weight excluding hydrogens is 374 g/mol. The van der Waals surface area contributed by atoms with Gasteiger partial charge in [0.2, 0.25) is 0 Å². The monoisotopic (exact) mass is 403 g/mol. The van der Waals surface area contributed by atoms with Crippen LogP contribution in [0.3, 0.4) is 0 Å². The molecule has 6 heteroatoms. The Morgan fingerprint density at radius 1 is 0.900 bits per heavy atom. The minimum Gasteiger partial charge on any atom is -0.378 e. The number of hydrogen-bond donors (Lipinski definition) is 0. The molecule has 0 radical (unpaired) electrons. The van der Waals surface area contributed by atoms with Crippen LogP contribution in [0.1, 0.15) is 21.7 Å². The van der Waals surface area contributed by atoms with Crippen LogP contribution in [0, 0.1) is 13.8 Å². The molecule has 6 nitrogen and oxygen atoms in total. The van der Waals surface area contributed by atoms with Crippen LogP contribution in [-0.4, -0.2) is 60.9 Å². The van der Waals surface area contributed by atoms with Crippen LogP contribution in [-0.2, 0) is 0 Å². The van der Waals surface area contributed by atoms with Gasteiger partial charge in [-0.05, 0) is 50.2 Å². The van der Waals surface area contributed by atoms with Crippen LogP contribution < -0.4 is 9.80 Å². The molecule has 0 spiro atoms. The number of anilines is 2. The van der Waals surface area contributed by atoms with Crippen molar-refractivity contribution in [3.05, 3.63) is 71.5 Å². The Hall–Kier alpha value is -3.28. The van der Waals surface area contributed by atoms with E-state index >= 15 is 0 Å². The highest BCUT2D eigenvalue weighted by molar-refractivity contribution is 5.94. The third kappa shape index (κ3) is 3.77. The van der Waals surface area contributed by atoms with Gasteiger partial charge in [0.1, 0.15) is 0 Å². The van der Waals surface area contributed by atoms with E-state index in [2.05, 4.69) is 30.9 Å². The molecule has 3 aromatic rings. The molecule has 4 rings (SSSR count). The quantitative estimate of drug-likeness (QED) is 0.669. The van der Waals surface area contributed by atoms with Crippen molar-refractivity contribution in [1.29, 1.82) is 0 Å². The first-order chi connectivity index (χ1) is 14.5. The fourth-order valence-corrected chi connectivity index (χ4v) is 4.13. The van der Waals surface area contributed by atoms with E-state index < -0.39 is 0 Å². The Labute approximate surface area is 178 Å². The van der Waals surface area contributed by atoms with Gasteiger partial charge in [-0.1, -0.05) is 18.2 Å². The van der Waals surface area contributed by atoms with Gasteiger partial charge in [0.05, 0.1) is 22.8 Å². The van der Waals surface area contributed by atoms with E-state index in [1.54, 1.807) is 0 Å². The standard InChI is InChI=1S/C24H29N5O/c1-18-23(19(2)29(25-18)22-8-6-5-7-9-22)27-14-16-28(17-15-27)24(30)20-10-12-21(13-11-20)26(3)4/h5-13H,14-17H2,1-4H3. The topological polar surface area (TPSA) is 44.6 Å². The van der Waals surface area contributed by atoms with E-state index in [4.69, 9.17) is 5.10 Å². The third-order valence-electron chi connectivity index (χ3n) is 5.77. The number of carbonyl (C=O) groups excluding carboxylic acids is 1. The lowest BCUT2D eigenvalue weighted by atomic mass is 10.1. The molecule has 1 aliphatic heterocycles. The number of amides is 1. The van der Waals surface area contributed by atoms with Crippen molar-refractivity contribution in [2.75, 3.05) is 50.1 Å². The normalized spacial score (nSPS) is 14.1. The van der Waals surface area contributed by atoms with Crippen molar-refractivity contribution in [3.8, 4) is 5.69 Å². The molecule has 30 heavy (non-hydrogen) atoms. The van der Waals surface area contributed by atoms with E-state index in [0.29, 0.717) is 13.1 Å². The molecule has 0 bridgehead atoms. The van der Waals surface area contributed by atoms with Crippen LogP contribution >= 0.6 is 0 Å². The first kappa shape index (κ1) is 20.0. The van der Waals surface area contributed by atoms with Gasteiger partial charge in [0, 0.05) is 51.5 Å². The summed E-state index contributed by atoms with van der Waals surface area (Å²) in [4.78, 5) is 19.3. The molecule has 0 saturated carbocycles. The first-order valence-corrected chi connectivity index (χ1v) is 10.4. The molecular formula is C24H29N5O. The molecule has 1 fully saturated rings. The molecule has 0 N–H and O–H groups in total. The minimum absolute atomic E-state index is 0.105. The van der Waals surface area contributed by atoms with Crippen molar-refractivity contribution in [2.24, 2.45) is 0 Å². The third-order valence-corrected chi connectivity index (χ3v) is 5.77. The molecule has 0 atom stereocenters. The van der Waals surface area contributed by atoms with Gasteiger partial charge in [-0.3, -0.25) is 4.79 Å². The molecule has 0 aliphatic carbocycles. The van der Waals surface area contributed by atoms with E-state index in [0.717, 1.165) is 41.4 Å². The average molecular weight is 404 g/mol. The zero-order chi connectivity index (χ0) is 21.3. The van der Waals surface area contributed by atoms with Gasteiger partial charge in [0.25, 0.3) is 5.91 Å². The molecule has 156 valence electrons. The summed E-state index contributed by atoms with van der Waals surface area (Å²) in [5.41, 5.74) is 6.25. The molecule has 2 heterocycles. The lowest BCUT2D eigenvalue weighted by Crippen LogP contribution is -2.49. The number of aryl methyl sites for hydroxylation is 1. The van der Waals surface area contributed by atoms with Crippen LogP contribution in [0.4, 0.5) is 11.4 Å². The van der Waals surface area contributed by atoms with E-state index in [9.17, 15) is 4.79 Å². The number of piperazine rings is 1. The van der Waals surface area contributed by atoms with Gasteiger partial charge in [0.15, 0.2) is 0 Å². The fraction of sp³-hybridized carbons (Fsp3) is 0.333. The van der Waals surface area contributed by atoms with Crippen LogP contribution in [0.5, 0.6) is 0 Å². The Balaban J connectivity index is 1.46. The first-order valence-electron chi connectivity index (χ1n) is 10.4. The predicted octanol–water partition coefficient (Wildman–Crippen LogP) is 3.52. The molecule has 0 unspecified atom stereocenters. The Morgan fingerprint density at radius 2 is 1.53 bits per heavy atom. The lowest BCUT2D eigenvalue weighted by molar-refractivity contribution is 0.0747. The summed E-state index contributed by atoms with van der Waals surface area (Å²) in [6.07, 6.45) is 0. The van der Waals surface area contributed by atoms with Crippen molar-refractivity contribution >= 4 is 17.3 Å². The zero-order valence-electron chi connectivity index (χ0n) is 18.2. The highest BCUT2D eigenvalue weighted by Crippen LogP contribution is 2.28. The van der Waals surface area contributed by atoms with Crippen LogP contribution in [0.2, 0.25) is 0 Å². The van der Waals surface area contributed by atoms with E-state index in [1.807, 2.05) is 71.0 Å². The van der Waals surface area contributed by atoms with Crippen LogP contribution in [0.15, 0.2) is 54.6 Å². The number of para-hydroxylation sites is 1. The van der Waals surface area contributed by atoms with Crippen molar-refractivity contribution in [1.82, 2.24) is 14.7 Å². The molecule has 1 aromatic heterocycles. The van der Waals surface area contributed by atoms with E-state index in [1.165, 1.54) is 5.69 Å². The highest BCUT2D eigenvalue weighted by atomic mass is 16.2.